The van der Waals surface area contributed by atoms with Gasteiger partial charge in [0, 0.05) is 25.9 Å². The van der Waals surface area contributed by atoms with E-state index >= 15 is 0 Å². The van der Waals surface area contributed by atoms with Gasteiger partial charge in [-0.2, -0.15) is 0 Å². The van der Waals surface area contributed by atoms with Gasteiger partial charge in [0.1, 0.15) is 12.1 Å². The molecule has 1 atom stereocenters. The smallest absolute Gasteiger partial charge is 0.129 e. The molecule has 18 heavy (non-hydrogen) atoms. The maximum Gasteiger partial charge on any atom is 0.129 e. The lowest BCUT2D eigenvalue weighted by atomic mass is 9.99. The van der Waals surface area contributed by atoms with Crippen molar-refractivity contribution in [2.45, 2.75) is 19.3 Å². The Balaban J connectivity index is 1.60. The Morgan fingerprint density at radius 3 is 3.22 bits per heavy atom. The molecule has 1 saturated heterocycles. The highest BCUT2D eigenvalue weighted by Gasteiger charge is 2.18. The Labute approximate surface area is 108 Å². The number of aliphatic hydroxyl groups is 1. The van der Waals surface area contributed by atoms with E-state index in [0.717, 1.165) is 31.9 Å². The molecule has 0 saturated carbocycles. The summed E-state index contributed by atoms with van der Waals surface area (Å²) in [7, 11) is 0. The molecule has 0 aliphatic carbocycles. The van der Waals surface area contributed by atoms with Gasteiger partial charge < -0.3 is 15.3 Å². The molecule has 0 amide bonds. The summed E-state index contributed by atoms with van der Waals surface area (Å²) in [5.74, 6) is 1.37. The Morgan fingerprint density at radius 2 is 2.44 bits per heavy atom. The number of likely N-dealkylation sites (tertiary alicyclic amines) is 1. The summed E-state index contributed by atoms with van der Waals surface area (Å²) in [5.41, 5.74) is 0. The number of aromatic nitrogens is 2. The highest BCUT2D eigenvalue weighted by molar-refractivity contribution is 5.31. The van der Waals surface area contributed by atoms with Gasteiger partial charge in [-0.3, -0.25) is 0 Å². The molecule has 1 aliphatic rings. The number of rotatable bonds is 6. The molecule has 0 aromatic carbocycles. The first-order valence-electron chi connectivity index (χ1n) is 6.71. The van der Waals surface area contributed by atoms with Crippen molar-refractivity contribution >= 4 is 5.82 Å². The van der Waals surface area contributed by atoms with Crippen LogP contribution in [0.1, 0.15) is 19.3 Å². The molecular weight excluding hydrogens is 228 g/mol. The molecule has 1 aromatic rings. The molecule has 0 spiro atoms. The fraction of sp³-hybridized carbons (Fsp3) is 0.692. The van der Waals surface area contributed by atoms with Crippen LogP contribution in [0.3, 0.4) is 0 Å². The second-order valence-electron chi connectivity index (χ2n) is 4.87. The molecule has 0 radical (unpaired) electrons. The third-order valence-corrected chi connectivity index (χ3v) is 3.40. The van der Waals surface area contributed by atoms with Gasteiger partial charge in [-0.1, -0.05) is 0 Å². The van der Waals surface area contributed by atoms with Gasteiger partial charge in [0.15, 0.2) is 0 Å². The maximum absolute atomic E-state index is 9.18. The van der Waals surface area contributed by atoms with Crippen LogP contribution in [-0.4, -0.2) is 52.8 Å². The number of piperidine rings is 1. The zero-order valence-corrected chi connectivity index (χ0v) is 10.8. The minimum atomic E-state index is 0.329. The zero-order chi connectivity index (χ0) is 12.6. The number of anilines is 1. The van der Waals surface area contributed by atoms with Crippen LogP contribution in [0.5, 0.6) is 0 Å². The SMILES string of the molecule is OC[C@@H]1CCCN(CCCNc2ccncn2)C1. The highest BCUT2D eigenvalue weighted by atomic mass is 16.3. The summed E-state index contributed by atoms with van der Waals surface area (Å²) in [6, 6.07) is 1.88. The van der Waals surface area contributed by atoms with Crippen LogP contribution >= 0.6 is 0 Å². The van der Waals surface area contributed by atoms with Gasteiger partial charge in [0.25, 0.3) is 0 Å². The normalized spacial score (nSPS) is 20.8. The van der Waals surface area contributed by atoms with Crippen LogP contribution in [0.25, 0.3) is 0 Å². The van der Waals surface area contributed by atoms with Crippen molar-refractivity contribution in [1.82, 2.24) is 14.9 Å². The molecule has 0 unspecified atom stereocenters. The van der Waals surface area contributed by atoms with Crippen molar-refractivity contribution < 1.29 is 5.11 Å². The zero-order valence-electron chi connectivity index (χ0n) is 10.8. The average Bonchev–Trinajstić information content (AvgIpc) is 2.45. The fourth-order valence-corrected chi connectivity index (χ4v) is 2.42. The summed E-state index contributed by atoms with van der Waals surface area (Å²) in [6.07, 6.45) is 6.78. The van der Waals surface area contributed by atoms with E-state index < -0.39 is 0 Å². The van der Waals surface area contributed by atoms with Crippen molar-refractivity contribution in [2.75, 3.05) is 38.1 Å². The first-order chi connectivity index (χ1) is 8.88. The minimum absolute atomic E-state index is 0.329. The molecular formula is C13H22N4O. The second kappa shape index (κ2) is 7.28. The maximum atomic E-state index is 9.18. The topological polar surface area (TPSA) is 61.3 Å². The first-order valence-corrected chi connectivity index (χ1v) is 6.71. The number of nitrogens with one attached hydrogen (secondary N) is 1. The molecule has 2 heterocycles. The summed E-state index contributed by atoms with van der Waals surface area (Å²) < 4.78 is 0. The molecule has 1 aliphatic heterocycles. The molecule has 1 fully saturated rings. The third kappa shape index (κ3) is 4.23. The van der Waals surface area contributed by atoms with E-state index in [-0.39, 0.29) is 0 Å². The summed E-state index contributed by atoms with van der Waals surface area (Å²) >= 11 is 0. The Morgan fingerprint density at radius 1 is 1.50 bits per heavy atom. The Hall–Kier alpha value is -1.20. The average molecular weight is 250 g/mol. The lowest BCUT2D eigenvalue weighted by Gasteiger charge is -2.31. The van der Waals surface area contributed by atoms with Gasteiger partial charge in [-0.25, -0.2) is 9.97 Å². The summed E-state index contributed by atoms with van der Waals surface area (Å²) in [5, 5.41) is 12.5. The van der Waals surface area contributed by atoms with E-state index in [0.29, 0.717) is 12.5 Å². The molecule has 100 valence electrons. The monoisotopic (exact) mass is 250 g/mol. The summed E-state index contributed by atoms with van der Waals surface area (Å²) in [4.78, 5) is 10.5. The first kappa shape index (κ1) is 13.2. The Kier molecular flexibility index (Phi) is 5.36. The van der Waals surface area contributed by atoms with Crippen molar-refractivity contribution in [3.8, 4) is 0 Å². The van der Waals surface area contributed by atoms with Crippen LogP contribution in [0, 0.1) is 5.92 Å². The second-order valence-corrected chi connectivity index (χ2v) is 4.87. The lowest BCUT2D eigenvalue weighted by Crippen LogP contribution is -2.37. The van der Waals surface area contributed by atoms with Crippen molar-refractivity contribution in [3.63, 3.8) is 0 Å². The molecule has 5 nitrogen and oxygen atoms in total. The molecule has 2 rings (SSSR count). The number of hydrogen-bond donors (Lipinski definition) is 2. The van der Waals surface area contributed by atoms with E-state index in [1.807, 2.05) is 6.07 Å². The van der Waals surface area contributed by atoms with Crippen LogP contribution in [0.2, 0.25) is 0 Å². The highest BCUT2D eigenvalue weighted by Crippen LogP contribution is 2.15. The number of nitrogens with zero attached hydrogens (tertiary/aromatic N) is 3. The predicted octanol–water partition coefficient (Wildman–Crippen LogP) is 0.983. The van der Waals surface area contributed by atoms with Crippen molar-refractivity contribution in [2.24, 2.45) is 5.92 Å². The van der Waals surface area contributed by atoms with Gasteiger partial charge in [0.2, 0.25) is 0 Å². The largest absolute Gasteiger partial charge is 0.396 e. The van der Waals surface area contributed by atoms with E-state index in [4.69, 9.17) is 0 Å². The van der Waals surface area contributed by atoms with E-state index in [1.54, 1.807) is 12.5 Å². The third-order valence-electron chi connectivity index (χ3n) is 3.40. The molecule has 2 N–H and O–H groups in total. The van der Waals surface area contributed by atoms with Gasteiger partial charge >= 0.3 is 0 Å². The molecule has 0 bridgehead atoms. The van der Waals surface area contributed by atoms with Gasteiger partial charge in [0.05, 0.1) is 0 Å². The van der Waals surface area contributed by atoms with Crippen LogP contribution in [-0.2, 0) is 0 Å². The van der Waals surface area contributed by atoms with Gasteiger partial charge in [-0.15, -0.1) is 0 Å². The van der Waals surface area contributed by atoms with Crippen LogP contribution in [0.15, 0.2) is 18.6 Å². The van der Waals surface area contributed by atoms with E-state index in [9.17, 15) is 5.11 Å². The quantitative estimate of drug-likeness (QED) is 0.737. The minimum Gasteiger partial charge on any atom is -0.396 e. The molecule has 1 aromatic heterocycles. The van der Waals surface area contributed by atoms with E-state index in [1.165, 1.54) is 19.4 Å². The van der Waals surface area contributed by atoms with Crippen molar-refractivity contribution in [1.29, 1.82) is 0 Å². The molecule has 5 heteroatoms. The predicted molar refractivity (Wildman–Crippen MR) is 71.4 cm³/mol. The summed E-state index contributed by atoms with van der Waals surface area (Å²) in [6.45, 7) is 4.57. The standard InChI is InChI=1S/C13H22N4O/c18-10-12-3-1-7-17(9-12)8-2-5-15-13-4-6-14-11-16-13/h4,6,11-12,18H,1-3,5,7-10H2,(H,14,15,16)/t12-/m1/s1. The van der Waals surface area contributed by atoms with E-state index in [2.05, 4.69) is 20.2 Å². The number of aliphatic hydroxyl groups excluding tert-OH is 1. The van der Waals surface area contributed by atoms with Crippen LogP contribution in [0.4, 0.5) is 5.82 Å². The fourth-order valence-electron chi connectivity index (χ4n) is 2.42. The Bertz CT molecular complexity index is 333. The van der Waals surface area contributed by atoms with Gasteiger partial charge in [-0.05, 0) is 44.3 Å². The van der Waals surface area contributed by atoms with Crippen LogP contribution < -0.4 is 5.32 Å². The lowest BCUT2D eigenvalue weighted by molar-refractivity contribution is 0.120. The van der Waals surface area contributed by atoms with Crippen molar-refractivity contribution in [3.05, 3.63) is 18.6 Å². The number of hydrogen-bond acceptors (Lipinski definition) is 5.